The molecule has 0 fully saturated rings. The molecule has 2 atom stereocenters. The molecule has 0 saturated carbocycles. The van der Waals surface area contributed by atoms with Crippen LogP contribution in [0.1, 0.15) is 30.0 Å². The molecule has 0 aromatic heterocycles. The normalized spacial score (nSPS) is 14.5. The Morgan fingerprint density at radius 3 is 2.39 bits per heavy atom. The van der Waals surface area contributed by atoms with Crippen LogP contribution in [0.5, 0.6) is 0 Å². The molecule has 0 radical (unpaired) electrons. The molecular formula is C14H22ClNOS. The average Bonchev–Trinajstić information content (AvgIpc) is 2.26. The van der Waals surface area contributed by atoms with Gasteiger partial charge in [0, 0.05) is 33.9 Å². The number of aryl methyl sites for hydroxylation is 2. The highest BCUT2D eigenvalue weighted by molar-refractivity contribution is 7.84. The summed E-state index contributed by atoms with van der Waals surface area (Å²) in [6.07, 6.45) is 2.70. The maximum Gasteiger partial charge on any atom is 0.0411 e. The van der Waals surface area contributed by atoms with Crippen molar-refractivity contribution in [1.82, 2.24) is 5.32 Å². The van der Waals surface area contributed by atoms with Crippen LogP contribution in [-0.2, 0) is 17.3 Å². The van der Waals surface area contributed by atoms with Crippen molar-refractivity contribution in [2.75, 3.05) is 12.8 Å². The summed E-state index contributed by atoms with van der Waals surface area (Å²) in [5.74, 6) is 0. The predicted octanol–water partition coefficient (Wildman–Crippen LogP) is 3.20. The van der Waals surface area contributed by atoms with Gasteiger partial charge in [0.25, 0.3) is 0 Å². The molecule has 0 spiro atoms. The molecule has 4 heteroatoms. The monoisotopic (exact) mass is 287 g/mol. The molecule has 1 aromatic carbocycles. The van der Waals surface area contributed by atoms with Crippen molar-refractivity contribution in [3.8, 4) is 0 Å². The van der Waals surface area contributed by atoms with E-state index in [1.54, 1.807) is 6.26 Å². The highest BCUT2D eigenvalue weighted by atomic mass is 35.5. The lowest BCUT2D eigenvalue weighted by Gasteiger charge is -2.13. The SMILES string of the molecule is Cc1cc(Cl)cc(C)c1CNCC[C@H](C)[S@@](C)=O. The number of halogens is 1. The summed E-state index contributed by atoms with van der Waals surface area (Å²) >= 11 is 6.01. The van der Waals surface area contributed by atoms with Gasteiger partial charge in [-0.3, -0.25) is 4.21 Å². The largest absolute Gasteiger partial charge is 0.313 e. The van der Waals surface area contributed by atoms with Gasteiger partial charge in [-0.25, -0.2) is 0 Å². The third-order valence-corrected chi connectivity index (χ3v) is 4.84. The summed E-state index contributed by atoms with van der Waals surface area (Å²) in [7, 11) is -0.728. The second kappa shape index (κ2) is 7.27. The summed E-state index contributed by atoms with van der Waals surface area (Å²) in [5, 5.41) is 4.46. The van der Waals surface area contributed by atoms with Crippen LogP contribution in [0.2, 0.25) is 5.02 Å². The average molecular weight is 288 g/mol. The molecule has 0 heterocycles. The van der Waals surface area contributed by atoms with Gasteiger partial charge in [-0.1, -0.05) is 18.5 Å². The van der Waals surface area contributed by atoms with Crippen molar-refractivity contribution in [1.29, 1.82) is 0 Å². The zero-order chi connectivity index (χ0) is 13.7. The first-order chi connectivity index (χ1) is 8.41. The van der Waals surface area contributed by atoms with E-state index in [1.165, 1.54) is 16.7 Å². The molecule has 2 nitrogen and oxygen atoms in total. The van der Waals surface area contributed by atoms with Crippen LogP contribution in [-0.4, -0.2) is 22.3 Å². The molecule has 1 rings (SSSR count). The topological polar surface area (TPSA) is 29.1 Å². The van der Waals surface area contributed by atoms with E-state index in [2.05, 4.69) is 19.2 Å². The lowest BCUT2D eigenvalue weighted by molar-refractivity contribution is 0.627. The van der Waals surface area contributed by atoms with E-state index >= 15 is 0 Å². The van der Waals surface area contributed by atoms with Gasteiger partial charge < -0.3 is 5.32 Å². The number of benzene rings is 1. The molecular weight excluding hydrogens is 266 g/mol. The zero-order valence-electron chi connectivity index (χ0n) is 11.5. The van der Waals surface area contributed by atoms with E-state index in [-0.39, 0.29) is 5.25 Å². The maximum absolute atomic E-state index is 11.2. The van der Waals surface area contributed by atoms with E-state index in [4.69, 9.17) is 11.6 Å². The van der Waals surface area contributed by atoms with Crippen molar-refractivity contribution >= 4 is 22.4 Å². The van der Waals surface area contributed by atoms with Gasteiger partial charge >= 0.3 is 0 Å². The van der Waals surface area contributed by atoms with E-state index in [0.29, 0.717) is 0 Å². The Morgan fingerprint density at radius 1 is 1.33 bits per heavy atom. The quantitative estimate of drug-likeness (QED) is 0.814. The minimum atomic E-state index is -0.728. The minimum Gasteiger partial charge on any atom is -0.313 e. The van der Waals surface area contributed by atoms with Crippen molar-refractivity contribution in [2.45, 2.75) is 39.0 Å². The minimum absolute atomic E-state index is 0.255. The standard InChI is InChI=1S/C14H22ClNOS/c1-10-7-13(15)8-11(2)14(10)9-16-6-5-12(3)18(4)17/h7-8,12,16H,5-6,9H2,1-4H3/t12-,18+/m0/s1. The third-order valence-electron chi connectivity index (χ3n) is 3.26. The highest BCUT2D eigenvalue weighted by Crippen LogP contribution is 2.19. The molecule has 0 bridgehead atoms. The molecule has 0 unspecified atom stereocenters. The van der Waals surface area contributed by atoms with Crippen LogP contribution >= 0.6 is 11.6 Å². The van der Waals surface area contributed by atoms with Gasteiger partial charge in [0.2, 0.25) is 0 Å². The fraction of sp³-hybridized carbons (Fsp3) is 0.571. The Bertz CT molecular complexity index is 411. The van der Waals surface area contributed by atoms with E-state index in [9.17, 15) is 4.21 Å². The lowest BCUT2D eigenvalue weighted by atomic mass is 10.0. The van der Waals surface area contributed by atoms with Crippen LogP contribution in [0.15, 0.2) is 12.1 Å². The molecule has 1 aromatic rings. The first kappa shape index (κ1) is 15.7. The van der Waals surface area contributed by atoms with Crippen LogP contribution in [0.3, 0.4) is 0 Å². The van der Waals surface area contributed by atoms with Crippen LogP contribution in [0.4, 0.5) is 0 Å². The smallest absolute Gasteiger partial charge is 0.0411 e. The van der Waals surface area contributed by atoms with E-state index < -0.39 is 10.8 Å². The molecule has 0 aliphatic heterocycles. The molecule has 0 amide bonds. The second-order valence-corrected chi connectivity index (χ2v) is 7.03. The summed E-state index contributed by atoms with van der Waals surface area (Å²) < 4.78 is 11.2. The number of nitrogens with one attached hydrogen (secondary N) is 1. The first-order valence-electron chi connectivity index (χ1n) is 6.20. The molecule has 102 valence electrons. The molecule has 18 heavy (non-hydrogen) atoms. The Morgan fingerprint density at radius 2 is 1.89 bits per heavy atom. The Balaban J connectivity index is 2.47. The van der Waals surface area contributed by atoms with Gasteiger partial charge in [-0.15, -0.1) is 0 Å². The van der Waals surface area contributed by atoms with E-state index in [0.717, 1.165) is 24.5 Å². The molecule has 0 saturated heterocycles. The fourth-order valence-corrected chi connectivity index (χ4v) is 2.68. The Labute approximate surface area is 118 Å². The fourth-order valence-electron chi connectivity index (χ4n) is 1.90. The number of hydrogen-bond acceptors (Lipinski definition) is 2. The van der Waals surface area contributed by atoms with E-state index in [1.807, 2.05) is 19.1 Å². The van der Waals surface area contributed by atoms with Gasteiger partial charge in [0.15, 0.2) is 0 Å². The lowest BCUT2D eigenvalue weighted by Crippen LogP contribution is -2.21. The first-order valence-corrected chi connectivity index (χ1v) is 8.20. The number of hydrogen-bond donors (Lipinski definition) is 1. The predicted molar refractivity (Wildman–Crippen MR) is 80.8 cm³/mol. The maximum atomic E-state index is 11.2. The molecule has 0 aliphatic rings. The van der Waals surface area contributed by atoms with Crippen molar-refractivity contribution in [3.05, 3.63) is 33.8 Å². The second-order valence-electron chi connectivity index (χ2n) is 4.79. The van der Waals surface area contributed by atoms with Crippen molar-refractivity contribution < 1.29 is 4.21 Å². The van der Waals surface area contributed by atoms with Crippen LogP contribution in [0.25, 0.3) is 0 Å². The molecule has 1 N–H and O–H groups in total. The highest BCUT2D eigenvalue weighted by Gasteiger charge is 2.07. The van der Waals surface area contributed by atoms with Gasteiger partial charge in [0.1, 0.15) is 0 Å². The van der Waals surface area contributed by atoms with Crippen LogP contribution < -0.4 is 5.32 Å². The van der Waals surface area contributed by atoms with Crippen LogP contribution in [0, 0.1) is 13.8 Å². The van der Waals surface area contributed by atoms with Gasteiger partial charge in [-0.05, 0) is 55.6 Å². The Kier molecular flexibility index (Phi) is 6.33. The van der Waals surface area contributed by atoms with Crippen molar-refractivity contribution in [3.63, 3.8) is 0 Å². The van der Waals surface area contributed by atoms with Gasteiger partial charge in [-0.2, -0.15) is 0 Å². The summed E-state index contributed by atoms with van der Waals surface area (Å²) in [4.78, 5) is 0. The zero-order valence-corrected chi connectivity index (χ0v) is 13.1. The third kappa shape index (κ3) is 4.71. The summed E-state index contributed by atoms with van der Waals surface area (Å²) in [6, 6.07) is 3.99. The Hall–Kier alpha value is -0.380. The summed E-state index contributed by atoms with van der Waals surface area (Å²) in [6.45, 7) is 7.93. The molecule has 0 aliphatic carbocycles. The van der Waals surface area contributed by atoms with Crippen molar-refractivity contribution in [2.24, 2.45) is 0 Å². The van der Waals surface area contributed by atoms with Gasteiger partial charge in [0.05, 0.1) is 0 Å². The summed E-state index contributed by atoms with van der Waals surface area (Å²) in [5.41, 5.74) is 3.75. The number of rotatable bonds is 6.